The smallest absolute Gasteiger partial charge is 0.258 e. The number of hydrogen-bond acceptors (Lipinski definition) is 4. The molecule has 0 atom stereocenters. The van der Waals surface area contributed by atoms with Gasteiger partial charge in [-0.25, -0.2) is 13.6 Å². The number of primary sulfonamides is 1. The monoisotopic (exact) mass is 280 g/mol. The Morgan fingerprint density at radius 3 is 2.43 bits per heavy atom. The van der Waals surface area contributed by atoms with Gasteiger partial charge in [0.05, 0.1) is 4.92 Å². The van der Waals surface area contributed by atoms with Gasteiger partial charge in [-0.1, -0.05) is 15.9 Å². The number of sulfonamides is 1. The van der Waals surface area contributed by atoms with Crippen LogP contribution in [0.25, 0.3) is 0 Å². The highest BCUT2D eigenvalue weighted by Gasteiger charge is 2.22. The van der Waals surface area contributed by atoms with Gasteiger partial charge in [0.1, 0.15) is 0 Å². The average Bonchev–Trinajstić information content (AvgIpc) is 2.01. The second kappa shape index (κ2) is 3.64. The Kier molecular flexibility index (Phi) is 2.88. The Balaban J connectivity index is 3.53. The molecule has 0 saturated carbocycles. The first-order valence-corrected chi connectivity index (χ1v) is 5.63. The summed E-state index contributed by atoms with van der Waals surface area (Å²) in [6, 6.07) is 3.53. The van der Waals surface area contributed by atoms with Crippen molar-refractivity contribution in [1.82, 2.24) is 0 Å². The van der Waals surface area contributed by atoms with Gasteiger partial charge < -0.3 is 0 Å². The van der Waals surface area contributed by atoms with Crippen LogP contribution in [0.3, 0.4) is 0 Å². The molecular formula is C6H5BrN2O4S. The molecule has 14 heavy (non-hydrogen) atoms. The summed E-state index contributed by atoms with van der Waals surface area (Å²) in [6.07, 6.45) is 0. The Morgan fingerprint density at radius 2 is 2.00 bits per heavy atom. The molecule has 1 aromatic carbocycles. The molecule has 0 spiro atoms. The standard InChI is InChI=1S/C6H5BrN2O4S/c7-4-1-2-6(14(8,12)13)5(3-4)9(10)11/h1-3H,(H2,8,12,13). The van der Waals surface area contributed by atoms with Crippen LogP contribution in [0.1, 0.15) is 0 Å². The first kappa shape index (κ1) is 11.1. The SMILES string of the molecule is NS(=O)(=O)c1ccc(Br)cc1[N+](=O)[O-]. The first-order chi connectivity index (χ1) is 6.32. The van der Waals surface area contributed by atoms with E-state index in [1.807, 2.05) is 0 Å². The van der Waals surface area contributed by atoms with E-state index in [9.17, 15) is 18.5 Å². The van der Waals surface area contributed by atoms with E-state index in [0.29, 0.717) is 4.47 Å². The highest BCUT2D eigenvalue weighted by molar-refractivity contribution is 9.10. The number of nitro groups is 1. The fourth-order valence-corrected chi connectivity index (χ4v) is 1.91. The van der Waals surface area contributed by atoms with Gasteiger partial charge in [0.25, 0.3) is 5.69 Å². The fraction of sp³-hybridized carbons (Fsp3) is 0. The fourth-order valence-electron chi connectivity index (χ4n) is 0.874. The van der Waals surface area contributed by atoms with Crippen molar-refractivity contribution in [3.8, 4) is 0 Å². The molecule has 0 saturated heterocycles. The molecule has 0 radical (unpaired) electrons. The second-order valence-electron chi connectivity index (χ2n) is 2.41. The van der Waals surface area contributed by atoms with Crippen LogP contribution in [0.15, 0.2) is 27.6 Å². The van der Waals surface area contributed by atoms with Gasteiger partial charge in [-0.15, -0.1) is 0 Å². The zero-order chi connectivity index (χ0) is 10.9. The lowest BCUT2D eigenvalue weighted by molar-refractivity contribution is -0.387. The van der Waals surface area contributed by atoms with E-state index < -0.39 is 25.5 Å². The van der Waals surface area contributed by atoms with Crippen LogP contribution < -0.4 is 5.14 Å². The van der Waals surface area contributed by atoms with Crippen molar-refractivity contribution >= 4 is 31.6 Å². The summed E-state index contributed by atoms with van der Waals surface area (Å²) >= 11 is 2.99. The summed E-state index contributed by atoms with van der Waals surface area (Å²) in [6.45, 7) is 0. The molecule has 0 aliphatic heterocycles. The summed E-state index contributed by atoms with van der Waals surface area (Å²) in [5, 5.41) is 15.3. The van der Waals surface area contributed by atoms with Gasteiger partial charge in [0.2, 0.25) is 10.0 Å². The van der Waals surface area contributed by atoms with Crippen molar-refractivity contribution in [2.24, 2.45) is 5.14 Å². The summed E-state index contributed by atoms with van der Waals surface area (Å²) in [5.74, 6) is 0. The number of nitro benzene ring substituents is 1. The van der Waals surface area contributed by atoms with Crippen molar-refractivity contribution < 1.29 is 13.3 Å². The molecule has 0 amide bonds. The third-order valence-corrected chi connectivity index (χ3v) is 2.88. The molecule has 0 fully saturated rings. The number of rotatable bonds is 2. The van der Waals surface area contributed by atoms with Gasteiger partial charge >= 0.3 is 0 Å². The molecule has 0 aliphatic rings. The van der Waals surface area contributed by atoms with Crippen molar-refractivity contribution in [3.05, 3.63) is 32.8 Å². The molecule has 6 nitrogen and oxygen atoms in total. The minimum Gasteiger partial charge on any atom is -0.258 e. The normalized spacial score (nSPS) is 11.3. The lowest BCUT2D eigenvalue weighted by Crippen LogP contribution is -2.14. The Labute approximate surface area is 88.1 Å². The summed E-state index contributed by atoms with van der Waals surface area (Å²) in [5.41, 5.74) is -0.540. The molecule has 1 rings (SSSR count). The number of benzene rings is 1. The highest BCUT2D eigenvalue weighted by atomic mass is 79.9. The van der Waals surface area contributed by atoms with E-state index in [2.05, 4.69) is 15.9 Å². The molecule has 1 aromatic rings. The molecule has 0 aromatic heterocycles. The van der Waals surface area contributed by atoms with Crippen molar-refractivity contribution in [2.45, 2.75) is 4.90 Å². The quantitative estimate of drug-likeness (QED) is 0.645. The lowest BCUT2D eigenvalue weighted by Gasteiger charge is -1.99. The Hall–Kier alpha value is -0.990. The van der Waals surface area contributed by atoms with Crippen LogP contribution in [-0.4, -0.2) is 13.3 Å². The maximum absolute atomic E-state index is 10.9. The van der Waals surface area contributed by atoms with Gasteiger partial charge in [-0.2, -0.15) is 0 Å². The van der Waals surface area contributed by atoms with Crippen molar-refractivity contribution in [2.75, 3.05) is 0 Å². The van der Waals surface area contributed by atoms with Crippen LogP contribution in [0.4, 0.5) is 5.69 Å². The van der Waals surface area contributed by atoms with Gasteiger partial charge in [0, 0.05) is 10.5 Å². The molecular weight excluding hydrogens is 276 g/mol. The second-order valence-corrected chi connectivity index (χ2v) is 4.86. The molecule has 0 bridgehead atoms. The molecule has 0 heterocycles. The largest absolute Gasteiger partial charge is 0.290 e. The maximum atomic E-state index is 10.9. The molecule has 0 aliphatic carbocycles. The molecule has 8 heteroatoms. The Bertz CT molecular complexity index is 485. The van der Waals surface area contributed by atoms with Crippen LogP contribution in [0.5, 0.6) is 0 Å². The zero-order valence-electron chi connectivity index (χ0n) is 6.68. The number of nitrogens with two attached hydrogens (primary N) is 1. The molecule has 2 N–H and O–H groups in total. The number of nitrogens with zero attached hydrogens (tertiary/aromatic N) is 1. The maximum Gasteiger partial charge on any atom is 0.290 e. The van der Waals surface area contributed by atoms with Gasteiger partial charge in [-0.3, -0.25) is 10.1 Å². The number of hydrogen-bond donors (Lipinski definition) is 1. The topological polar surface area (TPSA) is 103 Å². The molecule has 76 valence electrons. The van der Waals surface area contributed by atoms with E-state index in [-0.39, 0.29) is 0 Å². The van der Waals surface area contributed by atoms with Crippen LogP contribution >= 0.6 is 15.9 Å². The lowest BCUT2D eigenvalue weighted by atomic mass is 10.3. The van der Waals surface area contributed by atoms with E-state index in [4.69, 9.17) is 5.14 Å². The van der Waals surface area contributed by atoms with Crippen molar-refractivity contribution in [1.29, 1.82) is 0 Å². The summed E-state index contributed by atoms with van der Waals surface area (Å²) in [4.78, 5) is 9.19. The third-order valence-electron chi connectivity index (χ3n) is 1.42. The zero-order valence-corrected chi connectivity index (χ0v) is 9.08. The van der Waals surface area contributed by atoms with Crippen LogP contribution in [0.2, 0.25) is 0 Å². The average molecular weight is 281 g/mol. The van der Waals surface area contributed by atoms with E-state index in [0.717, 1.165) is 12.1 Å². The summed E-state index contributed by atoms with van der Waals surface area (Å²) in [7, 11) is -4.06. The number of halogens is 1. The predicted octanol–water partition coefficient (Wildman–Crippen LogP) is 1.00. The third kappa shape index (κ3) is 2.28. The minimum atomic E-state index is -4.06. The first-order valence-electron chi connectivity index (χ1n) is 3.29. The summed E-state index contributed by atoms with van der Waals surface area (Å²) < 4.78 is 22.3. The van der Waals surface area contributed by atoms with Crippen molar-refractivity contribution in [3.63, 3.8) is 0 Å². The minimum absolute atomic E-state index is 0.414. The van der Waals surface area contributed by atoms with E-state index in [1.165, 1.54) is 6.07 Å². The van der Waals surface area contributed by atoms with E-state index >= 15 is 0 Å². The van der Waals surface area contributed by atoms with Gasteiger partial charge in [0.15, 0.2) is 4.90 Å². The van der Waals surface area contributed by atoms with Gasteiger partial charge in [-0.05, 0) is 12.1 Å². The van der Waals surface area contributed by atoms with Crippen LogP contribution in [0, 0.1) is 10.1 Å². The highest BCUT2D eigenvalue weighted by Crippen LogP contribution is 2.26. The Morgan fingerprint density at radius 1 is 1.43 bits per heavy atom. The van der Waals surface area contributed by atoms with E-state index in [1.54, 1.807) is 0 Å². The molecule has 0 unspecified atom stereocenters. The predicted molar refractivity (Wildman–Crippen MR) is 52.2 cm³/mol. The van der Waals surface area contributed by atoms with Crippen LogP contribution in [-0.2, 0) is 10.0 Å².